The Morgan fingerprint density at radius 1 is 0.659 bits per heavy atom. The van der Waals surface area contributed by atoms with Crippen molar-refractivity contribution in [3.63, 3.8) is 0 Å². The van der Waals surface area contributed by atoms with Gasteiger partial charge in [0.2, 0.25) is 0 Å². The van der Waals surface area contributed by atoms with Crippen LogP contribution < -0.4 is 0 Å². The highest BCUT2D eigenvalue weighted by atomic mass is 16.7. The number of aliphatic hydroxyl groups excluding tert-OH is 1. The van der Waals surface area contributed by atoms with Gasteiger partial charge in [-0.05, 0) is 78.3 Å². The number of carbonyl (C=O) groups is 2. The molecule has 0 aliphatic heterocycles. The van der Waals surface area contributed by atoms with E-state index in [-0.39, 0.29) is 25.3 Å². The second kappa shape index (κ2) is 34.0. The molecule has 0 saturated carbocycles. The first kappa shape index (κ1) is 42.1. The third kappa shape index (κ3) is 33.0. The molecule has 0 aliphatic rings. The van der Waals surface area contributed by atoms with Gasteiger partial charge < -0.3 is 24.2 Å². The van der Waals surface area contributed by atoms with E-state index in [1.165, 1.54) is 57.8 Å². The summed E-state index contributed by atoms with van der Waals surface area (Å²) in [6, 6.07) is 0. The predicted molar refractivity (Wildman–Crippen MR) is 183 cm³/mol. The number of nitrogens with zero attached hydrogens (tertiary/aromatic N) is 1. The number of allylic oxidation sites excluding steroid dienone is 4. The summed E-state index contributed by atoms with van der Waals surface area (Å²) in [4.78, 5) is 26.5. The Hall–Kier alpha value is -1.86. The van der Waals surface area contributed by atoms with Gasteiger partial charge in [0.25, 0.3) is 0 Å². The first-order valence-electron chi connectivity index (χ1n) is 18.0. The van der Waals surface area contributed by atoms with Crippen LogP contribution in [0.5, 0.6) is 0 Å². The summed E-state index contributed by atoms with van der Waals surface area (Å²) < 4.78 is 16.3. The molecule has 258 valence electrons. The first-order valence-corrected chi connectivity index (χ1v) is 18.0. The molecule has 0 saturated heterocycles. The summed E-state index contributed by atoms with van der Waals surface area (Å²) in [6.07, 6.45) is 32.1. The molecule has 0 amide bonds. The third-order valence-corrected chi connectivity index (χ3v) is 7.70. The summed E-state index contributed by atoms with van der Waals surface area (Å²) in [5, 5.41) is 8.87. The lowest BCUT2D eigenvalue weighted by atomic mass is 10.0. The van der Waals surface area contributed by atoms with Crippen LogP contribution in [0, 0.1) is 0 Å². The lowest BCUT2D eigenvalue weighted by Gasteiger charge is -2.18. The van der Waals surface area contributed by atoms with E-state index < -0.39 is 6.16 Å². The summed E-state index contributed by atoms with van der Waals surface area (Å²) in [6.45, 7) is 3.97. The lowest BCUT2D eigenvalue weighted by molar-refractivity contribution is -0.144. The molecule has 0 aromatic carbocycles. The Bertz CT molecular complexity index is 693. The fourth-order valence-corrected chi connectivity index (χ4v) is 4.97. The van der Waals surface area contributed by atoms with Crippen molar-refractivity contribution in [2.75, 3.05) is 40.5 Å². The lowest BCUT2D eigenvalue weighted by Crippen LogP contribution is -2.23. The number of hydrogen-bond donors (Lipinski definition) is 1. The van der Waals surface area contributed by atoms with Crippen LogP contribution in [0.25, 0.3) is 0 Å². The summed E-state index contributed by atoms with van der Waals surface area (Å²) in [5.41, 5.74) is 0. The van der Waals surface area contributed by atoms with Gasteiger partial charge in [-0.3, -0.25) is 4.79 Å². The maximum Gasteiger partial charge on any atom is 0.508 e. The third-order valence-electron chi connectivity index (χ3n) is 7.70. The molecule has 0 fully saturated rings. The minimum Gasteiger partial charge on any atom is -0.466 e. The number of aliphatic hydroxyl groups is 1. The molecular weight excluding hydrogens is 554 g/mol. The van der Waals surface area contributed by atoms with Crippen molar-refractivity contribution in [1.29, 1.82) is 0 Å². The predicted octanol–water partition coefficient (Wildman–Crippen LogP) is 9.71. The Labute approximate surface area is 271 Å². The SMILES string of the molecule is CCCCC/C=C/C/C=C/CCCCCCCC(=O)OCCC(CCCCCCCCCCO)OC(=O)OCCCN(C)C. The molecule has 0 aliphatic carbocycles. The van der Waals surface area contributed by atoms with Crippen LogP contribution in [-0.4, -0.2) is 68.7 Å². The van der Waals surface area contributed by atoms with Crippen LogP contribution in [0.4, 0.5) is 4.79 Å². The topological polar surface area (TPSA) is 85.3 Å². The fourth-order valence-electron chi connectivity index (χ4n) is 4.97. The van der Waals surface area contributed by atoms with Gasteiger partial charge in [-0.15, -0.1) is 0 Å². The van der Waals surface area contributed by atoms with Crippen molar-refractivity contribution in [2.24, 2.45) is 0 Å². The standard InChI is InChI=1S/C37H69NO6/c1-4-5-6-7-8-9-10-11-12-13-14-15-19-22-25-29-36(40)42-34-30-35(44-37(41)43-33-27-31-38(2)3)28-24-21-18-16-17-20-23-26-32-39/h8-9,11-12,35,39H,4-7,10,13-34H2,1-3H3/b9-8+,12-11+. The smallest absolute Gasteiger partial charge is 0.466 e. The number of rotatable bonds is 32. The molecule has 0 bridgehead atoms. The van der Waals surface area contributed by atoms with Crippen LogP contribution in [0.1, 0.15) is 155 Å². The van der Waals surface area contributed by atoms with Crippen molar-refractivity contribution in [1.82, 2.24) is 4.90 Å². The van der Waals surface area contributed by atoms with Crippen molar-refractivity contribution < 1.29 is 28.9 Å². The molecule has 7 nitrogen and oxygen atoms in total. The number of esters is 1. The molecule has 0 heterocycles. The molecule has 7 heteroatoms. The highest BCUT2D eigenvalue weighted by molar-refractivity contribution is 5.69. The molecular formula is C37H69NO6. The highest BCUT2D eigenvalue weighted by Gasteiger charge is 2.16. The van der Waals surface area contributed by atoms with E-state index in [9.17, 15) is 9.59 Å². The molecule has 44 heavy (non-hydrogen) atoms. The Morgan fingerprint density at radius 3 is 1.89 bits per heavy atom. The van der Waals surface area contributed by atoms with Crippen LogP contribution in [-0.2, 0) is 19.0 Å². The van der Waals surface area contributed by atoms with Gasteiger partial charge in [0.1, 0.15) is 6.10 Å². The van der Waals surface area contributed by atoms with Crippen molar-refractivity contribution >= 4 is 12.1 Å². The average Bonchev–Trinajstić information content (AvgIpc) is 3.00. The van der Waals surface area contributed by atoms with Gasteiger partial charge >= 0.3 is 12.1 Å². The average molecular weight is 624 g/mol. The molecule has 0 rings (SSSR count). The van der Waals surface area contributed by atoms with E-state index in [4.69, 9.17) is 19.3 Å². The second-order valence-corrected chi connectivity index (χ2v) is 12.3. The van der Waals surface area contributed by atoms with Gasteiger partial charge in [0.05, 0.1) is 13.2 Å². The van der Waals surface area contributed by atoms with Gasteiger partial charge in [0.15, 0.2) is 0 Å². The first-order chi connectivity index (χ1) is 21.5. The maximum absolute atomic E-state index is 12.2. The molecule has 1 N–H and O–H groups in total. The molecule has 0 aromatic heterocycles. The van der Waals surface area contributed by atoms with Gasteiger partial charge in [-0.2, -0.15) is 0 Å². The van der Waals surface area contributed by atoms with Gasteiger partial charge in [0, 0.05) is 26.0 Å². The zero-order valence-electron chi connectivity index (χ0n) is 28.9. The van der Waals surface area contributed by atoms with Crippen LogP contribution >= 0.6 is 0 Å². The van der Waals surface area contributed by atoms with Crippen molar-refractivity contribution in [3.8, 4) is 0 Å². The minimum atomic E-state index is -0.630. The molecule has 1 atom stereocenters. The summed E-state index contributed by atoms with van der Waals surface area (Å²) in [7, 11) is 3.97. The molecule has 1 unspecified atom stereocenters. The zero-order chi connectivity index (χ0) is 32.4. The number of unbranched alkanes of at least 4 members (excludes halogenated alkanes) is 15. The Balaban J connectivity index is 4.06. The van der Waals surface area contributed by atoms with E-state index in [1.807, 2.05) is 19.0 Å². The highest BCUT2D eigenvalue weighted by Crippen LogP contribution is 2.15. The monoisotopic (exact) mass is 624 g/mol. The number of hydrogen-bond acceptors (Lipinski definition) is 7. The molecule has 0 aromatic rings. The zero-order valence-corrected chi connectivity index (χ0v) is 28.9. The van der Waals surface area contributed by atoms with Gasteiger partial charge in [-0.1, -0.05) is 102 Å². The minimum absolute atomic E-state index is 0.165. The molecule has 0 radical (unpaired) electrons. The van der Waals surface area contributed by atoms with Crippen LogP contribution in [0.2, 0.25) is 0 Å². The molecule has 0 spiro atoms. The van der Waals surface area contributed by atoms with Crippen molar-refractivity contribution in [3.05, 3.63) is 24.3 Å². The summed E-state index contributed by atoms with van der Waals surface area (Å²) in [5.74, 6) is -0.165. The normalized spacial score (nSPS) is 12.4. The number of carbonyl (C=O) groups excluding carboxylic acids is 2. The van der Waals surface area contributed by atoms with E-state index in [2.05, 4.69) is 31.2 Å². The van der Waals surface area contributed by atoms with E-state index in [1.54, 1.807) is 0 Å². The maximum atomic E-state index is 12.2. The van der Waals surface area contributed by atoms with E-state index in [0.29, 0.717) is 19.4 Å². The Morgan fingerprint density at radius 2 is 1.25 bits per heavy atom. The van der Waals surface area contributed by atoms with Crippen molar-refractivity contribution in [2.45, 2.75) is 161 Å². The quantitative estimate of drug-likeness (QED) is 0.0453. The Kier molecular flexibility index (Phi) is 32.6. The second-order valence-electron chi connectivity index (χ2n) is 12.3. The largest absolute Gasteiger partial charge is 0.508 e. The van der Waals surface area contributed by atoms with E-state index in [0.717, 1.165) is 83.6 Å². The summed E-state index contributed by atoms with van der Waals surface area (Å²) >= 11 is 0. The van der Waals surface area contributed by atoms with Gasteiger partial charge in [-0.25, -0.2) is 4.79 Å². The number of ether oxygens (including phenoxy) is 3. The van der Waals surface area contributed by atoms with Crippen LogP contribution in [0.3, 0.4) is 0 Å². The van der Waals surface area contributed by atoms with Crippen LogP contribution in [0.15, 0.2) is 24.3 Å². The fraction of sp³-hybridized carbons (Fsp3) is 0.838. The van der Waals surface area contributed by atoms with E-state index >= 15 is 0 Å².